The summed E-state index contributed by atoms with van der Waals surface area (Å²) in [7, 11) is 0. The van der Waals surface area contributed by atoms with Crippen molar-refractivity contribution < 1.29 is 14.7 Å². The summed E-state index contributed by atoms with van der Waals surface area (Å²) < 4.78 is 0. The van der Waals surface area contributed by atoms with Gasteiger partial charge in [0.1, 0.15) is 5.69 Å². The number of carbonyl (C=O) groups is 2. The van der Waals surface area contributed by atoms with Crippen molar-refractivity contribution in [3.8, 4) is 0 Å². The van der Waals surface area contributed by atoms with Crippen LogP contribution in [0.1, 0.15) is 35.9 Å². The number of rotatable bonds is 5. The van der Waals surface area contributed by atoms with Gasteiger partial charge in [0, 0.05) is 18.3 Å². The standard InChI is InChI=1S/C12H17N3O3/c1-7(12(17)18)6-15(9-3-4-9)11(16)10-5-8(2)13-14-10/h5,7,9H,3-4,6H2,1-2H3,(H,13,14)(H,17,18). The third kappa shape index (κ3) is 2.69. The van der Waals surface area contributed by atoms with E-state index in [4.69, 9.17) is 5.11 Å². The third-order valence-corrected chi connectivity index (χ3v) is 3.07. The van der Waals surface area contributed by atoms with Gasteiger partial charge in [-0.3, -0.25) is 14.7 Å². The molecule has 1 saturated carbocycles. The topological polar surface area (TPSA) is 86.3 Å². The summed E-state index contributed by atoms with van der Waals surface area (Å²) in [4.78, 5) is 24.8. The Labute approximate surface area is 105 Å². The number of hydrogen-bond acceptors (Lipinski definition) is 3. The molecule has 1 atom stereocenters. The molecule has 6 nitrogen and oxygen atoms in total. The fourth-order valence-corrected chi connectivity index (χ4v) is 1.83. The van der Waals surface area contributed by atoms with Crippen LogP contribution in [0.25, 0.3) is 0 Å². The highest BCUT2D eigenvalue weighted by molar-refractivity contribution is 5.93. The van der Waals surface area contributed by atoms with Crippen LogP contribution in [0.5, 0.6) is 0 Å². The van der Waals surface area contributed by atoms with Crippen molar-refractivity contribution in [2.75, 3.05) is 6.54 Å². The molecule has 1 amide bonds. The summed E-state index contributed by atoms with van der Waals surface area (Å²) in [6.45, 7) is 3.68. The molecular weight excluding hydrogens is 234 g/mol. The molecule has 1 heterocycles. The number of carbonyl (C=O) groups excluding carboxylic acids is 1. The van der Waals surface area contributed by atoms with Crippen LogP contribution in [-0.2, 0) is 4.79 Å². The van der Waals surface area contributed by atoms with Crippen molar-refractivity contribution in [3.63, 3.8) is 0 Å². The smallest absolute Gasteiger partial charge is 0.308 e. The van der Waals surface area contributed by atoms with Crippen LogP contribution in [0.3, 0.4) is 0 Å². The van der Waals surface area contributed by atoms with Gasteiger partial charge >= 0.3 is 5.97 Å². The number of aryl methyl sites for hydroxylation is 1. The average Bonchev–Trinajstić information content (AvgIpc) is 3.07. The average molecular weight is 251 g/mol. The van der Waals surface area contributed by atoms with Crippen molar-refractivity contribution in [1.29, 1.82) is 0 Å². The van der Waals surface area contributed by atoms with Crippen LogP contribution in [0, 0.1) is 12.8 Å². The van der Waals surface area contributed by atoms with E-state index in [9.17, 15) is 9.59 Å². The van der Waals surface area contributed by atoms with E-state index in [-0.39, 0.29) is 18.5 Å². The molecule has 0 bridgehead atoms. The van der Waals surface area contributed by atoms with Gasteiger partial charge in [-0.05, 0) is 25.8 Å². The lowest BCUT2D eigenvalue weighted by Crippen LogP contribution is -2.38. The van der Waals surface area contributed by atoms with E-state index in [0.29, 0.717) is 5.69 Å². The first-order chi connectivity index (χ1) is 8.49. The SMILES string of the molecule is Cc1cc(C(=O)N(CC(C)C(=O)O)C2CC2)n[nH]1. The van der Waals surface area contributed by atoms with E-state index in [0.717, 1.165) is 18.5 Å². The van der Waals surface area contributed by atoms with Gasteiger partial charge in [0.25, 0.3) is 5.91 Å². The molecule has 0 radical (unpaired) electrons. The minimum Gasteiger partial charge on any atom is -0.481 e. The van der Waals surface area contributed by atoms with Crippen LogP contribution >= 0.6 is 0 Å². The van der Waals surface area contributed by atoms with Gasteiger partial charge in [-0.15, -0.1) is 0 Å². The second-order valence-corrected chi connectivity index (χ2v) is 4.86. The summed E-state index contributed by atoms with van der Waals surface area (Å²) >= 11 is 0. The van der Waals surface area contributed by atoms with Gasteiger partial charge < -0.3 is 10.0 Å². The zero-order valence-electron chi connectivity index (χ0n) is 10.5. The Morgan fingerprint density at radius 2 is 2.28 bits per heavy atom. The number of aliphatic carboxylic acids is 1. The highest BCUT2D eigenvalue weighted by atomic mass is 16.4. The first kappa shape index (κ1) is 12.6. The maximum Gasteiger partial charge on any atom is 0.308 e. The number of hydrogen-bond donors (Lipinski definition) is 2. The largest absolute Gasteiger partial charge is 0.481 e. The quantitative estimate of drug-likeness (QED) is 0.818. The number of nitrogens with zero attached hydrogens (tertiary/aromatic N) is 2. The molecule has 0 spiro atoms. The zero-order valence-corrected chi connectivity index (χ0v) is 10.5. The van der Waals surface area contributed by atoms with Crippen LogP contribution in [0.15, 0.2) is 6.07 Å². The van der Waals surface area contributed by atoms with Crippen LogP contribution in [0.4, 0.5) is 0 Å². The zero-order chi connectivity index (χ0) is 13.3. The predicted molar refractivity (Wildman–Crippen MR) is 64.2 cm³/mol. The Hall–Kier alpha value is -1.85. The predicted octanol–water partition coefficient (Wildman–Crippen LogP) is 1.04. The number of aromatic amines is 1. The summed E-state index contributed by atoms with van der Waals surface area (Å²) in [6.07, 6.45) is 1.89. The molecule has 1 aromatic rings. The van der Waals surface area contributed by atoms with Gasteiger partial charge in [0.05, 0.1) is 5.92 Å². The van der Waals surface area contributed by atoms with Crippen LogP contribution in [-0.4, -0.2) is 44.7 Å². The van der Waals surface area contributed by atoms with E-state index in [2.05, 4.69) is 10.2 Å². The Morgan fingerprint density at radius 1 is 1.61 bits per heavy atom. The molecule has 18 heavy (non-hydrogen) atoms. The lowest BCUT2D eigenvalue weighted by Gasteiger charge is -2.23. The highest BCUT2D eigenvalue weighted by Gasteiger charge is 2.35. The number of aromatic nitrogens is 2. The Bertz CT molecular complexity index is 465. The van der Waals surface area contributed by atoms with Crippen molar-refractivity contribution in [1.82, 2.24) is 15.1 Å². The van der Waals surface area contributed by atoms with E-state index in [1.807, 2.05) is 6.92 Å². The van der Waals surface area contributed by atoms with E-state index in [1.165, 1.54) is 0 Å². The van der Waals surface area contributed by atoms with Crippen LogP contribution in [0.2, 0.25) is 0 Å². The molecule has 1 aromatic heterocycles. The maximum absolute atomic E-state index is 12.2. The minimum atomic E-state index is -0.883. The fourth-order valence-electron chi connectivity index (χ4n) is 1.83. The van der Waals surface area contributed by atoms with E-state index < -0.39 is 11.9 Å². The Balaban J connectivity index is 2.10. The lowest BCUT2D eigenvalue weighted by molar-refractivity contribution is -0.141. The summed E-state index contributed by atoms with van der Waals surface area (Å²) in [5, 5.41) is 15.6. The second kappa shape index (κ2) is 4.80. The van der Waals surface area contributed by atoms with Gasteiger partial charge in [-0.2, -0.15) is 5.10 Å². The Kier molecular flexibility index (Phi) is 3.36. The number of nitrogens with one attached hydrogen (secondary N) is 1. The molecule has 0 saturated heterocycles. The molecule has 1 aliphatic carbocycles. The molecule has 2 rings (SSSR count). The van der Waals surface area contributed by atoms with Crippen molar-refractivity contribution in [2.45, 2.75) is 32.7 Å². The number of amides is 1. The van der Waals surface area contributed by atoms with Gasteiger partial charge in [-0.25, -0.2) is 0 Å². The molecule has 98 valence electrons. The van der Waals surface area contributed by atoms with Crippen molar-refractivity contribution in [3.05, 3.63) is 17.5 Å². The van der Waals surface area contributed by atoms with Gasteiger partial charge in [0.2, 0.25) is 0 Å². The molecule has 0 aromatic carbocycles. The number of carboxylic acids is 1. The molecule has 1 fully saturated rings. The third-order valence-electron chi connectivity index (χ3n) is 3.07. The molecule has 1 unspecified atom stereocenters. The van der Waals surface area contributed by atoms with Crippen LogP contribution < -0.4 is 0 Å². The van der Waals surface area contributed by atoms with Crippen molar-refractivity contribution >= 4 is 11.9 Å². The molecule has 0 aliphatic heterocycles. The summed E-state index contributed by atoms with van der Waals surface area (Å²) in [5.74, 6) is -1.63. The molecular formula is C12H17N3O3. The van der Waals surface area contributed by atoms with Crippen molar-refractivity contribution in [2.24, 2.45) is 5.92 Å². The number of H-pyrrole nitrogens is 1. The minimum absolute atomic E-state index is 0.177. The van der Waals surface area contributed by atoms with E-state index in [1.54, 1.807) is 17.9 Å². The lowest BCUT2D eigenvalue weighted by atomic mass is 10.1. The maximum atomic E-state index is 12.2. The molecule has 1 aliphatic rings. The fraction of sp³-hybridized carbons (Fsp3) is 0.583. The monoisotopic (exact) mass is 251 g/mol. The second-order valence-electron chi connectivity index (χ2n) is 4.86. The number of carboxylic acid groups (broad SMARTS) is 1. The summed E-state index contributed by atoms with van der Waals surface area (Å²) in [5.41, 5.74) is 1.18. The molecule has 6 heteroatoms. The van der Waals surface area contributed by atoms with Gasteiger partial charge in [-0.1, -0.05) is 6.92 Å². The first-order valence-corrected chi connectivity index (χ1v) is 6.05. The summed E-state index contributed by atoms with van der Waals surface area (Å²) in [6, 6.07) is 1.86. The van der Waals surface area contributed by atoms with E-state index >= 15 is 0 Å². The highest BCUT2D eigenvalue weighted by Crippen LogP contribution is 2.28. The Morgan fingerprint density at radius 3 is 2.72 bits per heavy atom. The first-order valence-electron chi connectivity index (χ1n) is 6.05. The molecule has 2 N–H and O–H groups in total. The van der Waals surface area contributed by atoms with Gasteiger partial charge in [0.15, 0.2) is 0 Å². The normalized spacial score (nSPS) is 16.3.